The molecule has 0 aliphatic heterocycles. The van der Waals surface area contributed by atoms with E-state index in [4.69, 9.17) is 5.26 Å². The van der Waals surface area contributed by atoms with Gasteiger partial charge in [-0.1, -0.05) is 19.3 Å². The topological polar surface area (TPSA) is 57.0 Å². The average Bonchev–Trinajstić information content (AvgIpc) is 2.47. The molecule has 0 unspecified atom stereocenters. The van der Waals surface area contributed by atoms with E-state index in [9.17, 15) is 4.79 Å². The Kier molecular flexibility index (Phi) is 4.51. The maximum Gasteiger partial charge on any atom is 0.256 e. The third kappa shape index (κ3) is 3.31. The summed E-state index contributed by atoms with van der Waals surface area (Å²) in [4.78, 5) is 18.0. The van der Waals surface area contributed by atoms with Crippen LogP contribution in [0.1, 0.15) is 48.0 Å². The summed E-state index contributed by atoms with van der Waals surface area (Å²) in [5.41, 5.74) is 0.804. The van der Waals surface area contributed by atoms with Gasteiger partial charge < -0.3 is 4.90 Å². The molecule has 2 rings (SSSR count). The first-order valence-corrected chi connectivity index (χ1v) is 6.82. The molecule has 4 heteroatoms. The molecule has 1 aliphatic carbocycles. The molecule has 1 aromatic rings. The van der Waals surface area contributed by atoms with E-state index >= 15 is 0 Å². The lowest BCUT2D eigenvalue weighted by molar-refractivity contribution is 0.0760. The number of hydrogen-bond acceptors (Lipinski definition) is 3. The minimum absolute atomic E-state index is 0.102. The Morgan fingerprint density at radius 2 is 2.21 bits per heavy atom. The minimum atomic E-state index is -0.102. The molecular weight excluding hydrogens is 238 g/mol. The van der Waals surface area contributed by atoms with E-state index < -0.39 is 0 Å². The molecule has 0 radical (unpaired) electrons. The number of nitriles is 1. The highest BCUT2D eigenvalue weighted by atomic mass is 16.2. The zero-order valence-corrected chi connectivity index (χ0v) is 11.3. The number of aromatic nitrogens is 1. The molecule has 0 atom stereocenters. The molecule has 19 heavy (non-hydrogen) atoms. The van der Waals surface area contributed by atoms with E-state index in [0.29, 0.717) is 17.0 Å². The van der Waals surface area contributed by atoms with E-state index in [1.54, 1.807) is 11.0 Å². The molecule has 1 aliphatic rings. The van der Waals surface area contributed by atoms with E-state index in [0.717, 1.165) is 6.54 Å². The summed E-state index contributed by atoms with van der Waals surface area (Å²) in [5.74, 6) is 0.500. The summed E-state index contributed by atoms with van der Waals surface area (Å²) in [6.45, 7) is 0.776. The third-order valence-electron chi connectivity index (χ3n) is 3.78. The molecule has 1 amide bonds. The Labute approximate surface area is 114 Å². The monoisotopic (exact) mass is 257 g/mol. The highest BCUT2D eigenvalue weighted by molar-refractivity contribution is 5.96. The van der Waals surface area contributed by atoms with Gasteiger partial charge in [0.15, 0.2) is 0 Å². The van der Waals surface area contributed by atoms with Gasteiger partial charge in [0, 0.05) is 26.0 Å². The van der Waals surface area contributed by atoms with Gasteiger partial charge in [-0.3, -0.25) is 9.78 Å². The average molecular weight is 257 g/mol. The van der Waals surface area contributed by atoms with Crippen LogP contribution in [0.2, 0.25) is 0 Å². The predicted molar refractivity (Wildman–Crippen MR) is 72.5 cm³/mol. The maximum absolute atomic E-state index is 12.3. The van der Waals surface area contributed by atoms with Gasteiger partial charge in [0.2, 0.25) is 0 Å². The fraction of sp³-hybridized carbons (Fsp3) is 0.533. The van der Waals surface area contributed by atoms with Crippen LogP contribution >= 0.6 is 0 Å². The number of amides is 1. The van der Waals surface area contributed by atoms with Crippen LogP contribution in [0.3, 0.4) is 0 Å². The van der Waals surface area contributed by atoms with Gasteiger partial charge >= 0.3 is 0 Å². The summed E-state index contributed by atoms with van der Waals surface area (Å²) in [5, 5.41) is 9.02. The van der Waals surface area contributed by atoms with Crippen LogP contribution in [0.25, 0.3) is 0 Å². The van der Waals surface area contributed by atoms with E-state index in [1.807, 2.05) is 13.1 Å². The number of hydrogen-bond donors (Lipinski definition) is 0. The Balaban J connectivity index is 2.04. The summed E-state index contributed by atoms with van der Waals surface area (Å²) in [7, 11) is 1.81. The standard InChI is InChI=1S/C15H19N3O/c1-18(11-12-5-3-2-4-6-12)15(19)14-10-17-8-7-13(14)9-16/h7-8,10,12H,2-6,11H2,1H3. The second kappa shape index (κ2) is 6.33. The van der Waals surface area contributed by atoms with Crippen LogP contribution in [-0.2, 0) is 0 Å². The van der Waals surface area contributed by atoms with Crippen molar-refractivity contribution in [2.75, 3.05) is 13.6 Å². The minimum Gasteiger partial charge on any atom is -0.341 e. The van der Waals surface area contributed by atoms with Gasteiger partial charge in [0.05, 0.1) is 11.1 Å². The lowest BCUT2D eigenvalue weighted by Gasteiger charge is -2.27. The van der Waals surface area contributed by atoms with Crippen molar-refractivity contribution in [1.82, 2.24) is 9.88 Å². The number of pyridine rings is 1. The summed E-state index contributed by atoms with van der Waals surface area (Å²) >= 11 is 0. The molecule has 0 spiro atoms. The lowest BCUT2D eigenvalue weighted by atomic mass is 9.89. The van der Waals surface area contributed by atoms with Gasteiger partial charge in [-0.05, 0) is 24.8 Å². The van der Waals surface area contributed by atoms with Crippen molar-refractivity contribution in [1.29, 1.82) is 5.26 Å². The van der Waals surface area contributed by atoms with Gasteiger partial charge in [0.25, 0.3) is 5.91 Å². The SMILES string of the molecule is CN(CC1CCCCC1)C(=O)c1cnccc1C#N. The smallest absolute Gasteiger partial charge is 0.256 e. The van der Waals surface area contributed by atoms with Crippen molar-refractivity contribution in [3.63, 3.8) is 0 Å². The molecule has 1 aromatic heterocycles. The second-order valence-corrected chi connectivity index (χ2v) is 5.22. The van der Waals surface area contributed by atoms with Crippen LogP contribution in [0.15, 0.2) is 18.5 Å². The van der Waals surface area contributed by atoms with Gasteiger partial charge in [-0.25, -0.2) is 0 Å². The van der Waals surface area contributed by atoms with Crippen molar-refractivity contribution in [3.05, 3.63) is 29.6 Å². The molecular formula is C15H19N3O. The van der Waals surface area contributed by atoms with Crippen molar-refractivity contribution in [2.45, 2.75) is 32.1 Å². The fourth-order valence-corrected chi connectivity index (χ4v) is 2.71. The molecule has 100 valence electrons. The third-order valence-corrected chi connectivity index (χ3v) is 3.78. The number of nitrogens with zero attached hydrogens (tertiary/aromatic N) is 3. The van der Waals surface area contributed by atoms with E-state index in [-0.39, 0.29) is 5.91 Å². The molecule has 4 nitrogen and oxygen atoms in total. The first kappa shape index (κ1) is 13.5. The zero-order chi connectivity index (χ0) is 13.7. The highest BCUT2D eigenvalue weighted by Gasteiger charge is 2.20. The molecule has 1 fully saturated rings. The summed E-state index contributed by atoms with van der Waals surface area (Å²) in [6.07, 6.45) is 9.28. The number of carbonyl (C=O) groups is 1. The molecule has 0 saturated heterocycles. The number of carbonyl (C=O) groups excluding carboxylic acids is 1. The van der Waals surface area contributed by atoms with Crippen LogP contribution in [0.5, 0.6) is 0 Å². The fourth-order valence-electron chi connectivity index (χ4n) is 2.71. The number of rotatable bonds is 3. The maximum atomic E-state index is 12.3. The van der Waals surface area contributed by atoms with E-state index in [1.165, 1.54) is 44.5 Å². The van der Waals surface area contributed by atoms with Crippen LogP contribution in [-0.4, -0.2) is 29.4 Å². The van der Waals surface area contributed by atoms with E-state index in [2.05, 4.69) is 4.98 Å². The first-order valence-electron chi connectivity index (χ1n) is 6.82. The largest absolute Gasteiger partial charge is 0.341 e. The normalized spacial score (nSPS) is 15.8. The zero-order valence-electron chi connectivity index (χ0n) is 11.3. The van der Waals surface area contributed by atoms with Crippen LogP contribution in [0.4, 0.5) is 0 Å². The molecule has 0 aromatic carbocycles. The van der Waals surface area contributed by atoms with Crippen molar-refractivity contribution in [3.8, 4) is 6.07 Å². The molecule has 0 N–H and O–H groups in total. The van der Waals surface area contributed by atoms with Crippen LogP contribution < -0.4 is 0 Å². The van der Waals surface area contributed by atoms with Gasteiger partial charge in [-0.15, -0.1) is 0 Å². The lowest BCUT2D eigenvalue weighted by Crippen LogP contribution is -2.33. The second-order valence-electron chi connectivity index (χ2n) is 5.22. The first-order chi connectivity index (χ1) is 9.22. The van der Waals surface area contributed by atoms with Gasteiger partial charge in [0.1, 0.15) is 6.07 Å². The Morgan fingerprint density at radius 3 is 2.89 bits per heavy atom. The summed E-state index contributed by atoms with van der Waals surface area (Å²) in [6, 6.07) is 3.63. The predicted octanol–water partition coefficient (Wildman–Crippen LogP) is 2.61. The van der Waals surface area contributed by atoms with Crippen molar-refractivity contribution < 1.29 is 4.79 Å². The van der Waals surface area contributed by atoms with Gasteiger partial charge in [-0.2, -0.15) is 5.26 Å². The molecule has 1 saturated carbocycles. The highest BCUT2D eigenvalue weighted by Crippen LogP contribution is 2.24. The Bertz CT molecular complexity index is 486. The van der Waals surface area contributed by atoms with Crippen LogP contribution in [0, 0.1) is 17.2 Å². The summed E-state index contributed by atoms with van der Waals surface area (Å²) < 4.78 is 0. The molecule has 0 bridgehead atoms. The van der Waals surface area contributed by atoms with Crippen molar-refractivity contribution >= 4 is 5.91 Å². The van der Waals surface area contributed by atoms with Crippen molar-refractivity contribution in [2.24, 2.45) is 5.92 Å². The quantitative estimate of drug-likeness (QED) is 0.836. The Morgan fingerprint density at radius 1 is 1.47 bits per heavy atom. The Hall–Kier alpha value is -1.89. The molecule has 1 heterocycles.